The summed E-state index contributed by atoms with van der Waals surface area (Å²) >= 11 is 0. The van der Waals surface area contributed by atoms with Gasteiger partial charge in [0.1, 0.15) is 11.6 Å². The molecule has 0 aliphatic rings. The number of para-hydroxylation sites is 1. The number of benzene rings is 6. The number of hydrogen-bond acceptors (Lipinski definition) is 3. The summed E-state index contributed by atoms with van der Waals surface area (Å²) in [6, 6.07) is 41.5. The van der Waals surface area contributed by atoms with Gasteiger partial charge in [0.15, 0.2) is 0 Å². The fourth-order valence-electron chi connectivity index (χ4n) is 8.08. The van der Waals surface area contributed by atoms with Gasteiger partial charge in [-0.2, -0.15) is 0 Å². The second-order valence-corrected chi connectivity index (χ2v) is 18.8. The van der Waals surface area contributed by atoms with Crippen LogP contribution in [0.3, 0.4) is 0 Å². The van der Waals surface area contributed by atoms with Gasteiger partial charge in [-0.15, -0.1) is 0 Å². The van der Waals surface area contributed by atoms with Gasteiger partial charge in [-0.05, 0) is 128 Å². The standard InChI is InChI=1S/C58H61N3O/c1-36(2)38-21-23-39(24-22-38)41-27-28-59-50(33-41)43-30-42(31-46(32-43)58(10,11)12)47-19-16-20-52-53(47)60-55(49-35-45(57(7,8)9)29-37(3)54(49)62)61(52)51-26-25-44(56(4,5)6)34-48(51)40-17-14-13-15-18-40/h13-36,62H,1-12H3/i4D3,5D3,6D3,36D. The Morgan fingerprint density at radius 3 is 1.94 bits per heavy atom. The van der Waals surface area contributed by atoms with Crippen LogP contribution in [0.15, 0.2) is 140 Å². The van der Waals surface area contributed by atoms with E-state index in [4.69, 9.17) is 23.7 Å². The number of phenolic OH excluding ortho intramolecular Hbond substituents is 1. The Hall–Kier alpha value is -6.26. The molecule has 314 valence electrons. The highest BCUT2D eigenvalue weighted by atomic mass is 16.3. The number of aromatic nitrogens is 3. The van der Waals surface area contributed by atoms with Crippen molar-refractivity contribution in [3.8, 4) is 67.5 Å². The van der Waals surface area contributed by atoms with Crippen molar-refractivity contribution < 1.29 is 18.8 Å². The predicted octanol–water partition coefficient (Wildman–Crippen LogP) is 15.8. The zero-order chi connectivity index (χ0) is 52.7. The molecule has 62 heavy (non-hydrogen) atoms. The van der Waals surface area contributed by atoms with Gasteiger partial charge in [0.2, 0.25) is 0 Å². The number of hydrogen-bond donors (Lipinski definition) is 1. The minimum atomic E-state index is -3.49. The zero-order valence-corrected chi connectivity index (χ0v) is 37.1. The Labute approximate surface area is 383 Å². The molecular formula is C58H61N3O. The van der Waals surface area contributed by atoms with E-state index in [2.05, 4.69) is 65.8 Å². The zero-order valence-electron chi connectivity index (χ0n) is 47.1. The molecule has 0 aliphatic heterocycles. The molecule has 6 aromatic carbocycles. The van der Waals surface area contributed by atoms with Crippen molar-refractivity contribution in [1.29, 1.82) is 0 Å². The third kappa shape index (κ3) is 8.23. The normalized spacial score (nSPS) is 15.6. The maximum absolute atomic E-state index is 12.1. The van der Waals surface area contributed by atoms with Crippen LogP contribution in [0, 0.1) is 6.92 Å². The third-order valence-electron chi connectivity index (χ3n) is 11.8. The minimum absolute atomic E-state index is 0.00577. The molecule has 0 unspecified atom stereocenters. The van der Waals surface area contributed by atoms with E-state index in [-0.39, 0.29) is 22.1 Å². The van der Waals surface area contributed by atoms with E-state index in [1.165, 1.54) is 12.1 Å². The quantitative estimate of drug-likeness (QED) is 0.174. The molecule has 0 spiro atoms. The molecule has 0 saturated heterocycles. The molecule has 0 radical (unpaired) electrons. The van der Waals surface area contributed by atoms with Crippen LogP contribution >= 0.6 is 0 Å². The Balaban J connectivity index is 1.45. The Morgan fingerprint density at radius 2 is 1.26 bits per heavy atom. The summed E-state index contributed by atoms with van der Waals surface area (Å²) in [4.78, 5) is 10.3. The third-order valence-corrected chi connectivity index (χ3v) is 11.8. The highest BCUT2D eigenvalue weighted by Gasteiger charge is 2.27. The number of rotatable bonds is 7. The molecule has 2 aromatic heterocycles. The summed E-state index contributed by atoms with van der Waals surface area (Å²) in [7, 11) is 0. The SMILES string of the molecule is [2H]C(C)(C)c1ccc(-c2ccnc(-c3cc(-c4cccc5c4nc(-c4cc(C(C)(C)C)cc(C)c4O)n5-c4ccc(C(C([2H])([2H])[2H])(C([2H])([2H])[2H])C([2H])([2H])[2H])cc4-c4ccccc4)cc(C(C)(C)C)c3)c2)cc1. The number of pyridine rings is 1. The topological polar surface area (TPSA) is 50.9 Å². The molecule has 8 aromatic rings. The van der Waals surface area contributed by atoms with Crippen LogP contribution in [0.2, 0.25) is 0 Å². The molecule has 4 heteroatoms. The van der Waals surface area contributed by atoms with Crippen LogP contribution in [0.1, 0.15) is 123 Å². The summed E-state index contributed by atoms with van der Waals surface area (Å²) < 4.78 is 87.7. The molecule has 0 aliphatic carbocycles. The van der Waals surface area contributed by atoms with E-state index >= 15 is 0 Å². The lowest BCUT2D eigenvalue weighted by atomic mass is 9.83. The molecule has 2 heterocycles. The van der Waals surface area contributed by atoms with Crippen molar-refractivity contribution in [2.24, 2.45) is 0 Å². The lowest BCUT2D eigenvalue weighted by molar-refractivity contribution is 0.471. The number of aryl methyl sites for hydroxylation is 1. The van der Waals surface area contributed by atoms with Crippen LogP contribution in [0.4, 0.5) is 0 Å². The fourth-order valence-corrected chi connectivity index (χ4v) is 8.08. The lowest BCUT2D eigenvalue weighted by Crippen LogP contribution is -2.13. The number of aromatic hydroxyl groups is 1. The van der Waals surface area contributed by atoms with Gasteiger partial charge in [-0.1, -0.05) is 161 Å². The average molecular weight is 826 g/mol. The van der Waals surface area contributed by atoms with E-state index in [9.17, 15) is 5.11 Å². The van der Waals surface area contributed by atoms with Crippen LogP contribution < -0.4 is 0 Å². The number of imidazole rings is 1. The smallest absolute Gasteiger partial charge is 0.149 e. The van der Waals surface area contributed by atoms with E-state index in [0.29, 0.717) is 44.8 Å². The second-order valence-electron chi connectivity index (χ2n) is 18.8. The van der Waals surface area contributed by atoms with Gasteiger partial charge >= 0.3 is 0 Å². The van der Waals surface area contributed by atoms with Gasteiger partial charge in [0.05, 0.1) is 28.0 Å². The van der Waals surface area contributed by atoms with Crippen molar-refractivity contribution in [3.63, 3.8) is 0 Å². The highest BCUT2D eigenvalue weighted by Crippen LogP contribution is 2.44. The van der Waals surface area contributed by atoms with Crippen LogP contribution in [0.5, 0.6) is 5.75 Å². The highest BCUT2D eigenvalue weighted by molar-refractivity contribution is 5.98. The first-order valence-electron chi connectivity index (χ1n) is 26.1. The number of phenols is 1. The average Bonchev–Trinajstić information content (AvgIpc) is 3.67. The van der Waals surface area contributed by atoms with Gasteiger partial charge in [-0.25, -0.2) is 4.98 Å². The van der Waals surface area contributed by atoms with Gasteiger partial charge < -0.3 is 5.11 Å². The summed E-state index contributed by atoms with van der Waals surface area (Å²) in [5, 5.41) is 12.1. The summed E-state index contributed by atoms with van der Waals surface area (Å²) in [6.07, 6.45) is 1.80. The van der Waals surface area contributed by atoms with E-state index < -0.39 is 31.9 Å². The molecule has 0 saturated carbocycles. The summed E-state index contributed by atoms with van der Waals surface area (Å²) in [5.74, 6) is -0.372. The molecule has 0 atom stereocenters. The second kappa shape index (κ2) is 15.9. The van der Waals surface area contributed by atoms with Crippen LogP contribution in [-0.4, -0.2) is 19.6 Å². The van der Waals surface area contributed by atoms with Crippen molar-refractivity contribution in [2.75, 3.05) is 0 Å². The van der Waals surface area contributed by atoms with Crippen molar-refractivity contribution in [3.05, 3.63) is 167 Å². The summed E-state index contributed by atoms with van der Waals surface area (Å²) in [6.45, 7) is 7.85. The maximum Gasteiger partial charge on any atom is 0.149 e. The largest absolute Gasteiger partial charge is 0.507 e. The van der Waals surface area contributed by atoms with Crippen LogP contribution in [-0.2, 0) is 16.2 Å². The number of fused-ring (bicyclic) bond motifs is 1. The first kappa shape index (κ1) is 31.6. The Morgan fingerprint density at radius 1 is 0.581 bits per heavy atom. The molecule has 1 N–H and O–H groups in total. The van der Waals surface area contributed by atoms with Crippen LogP contribution in [0.25, 0.3) is 72.7 Å². The van der Waals surface area contributed by atoms with Gasteiger partial charge in [-0.3, -0.25) is 9.55 Å². The lowest BCUT2D eigenvalue weighted by Gasteiger charge is -2.24. The van der Waals surface area contributed by atoms with E-state index in [0.717, 1.165) is 50.2 Å². The van der Waals surface area contributed by atoms with Crippen molar-refractivity contribution in [2.45, 2.75) is 105 Å². The fraction of sp³-hybridized carbons (Fsp3) is 0.276. The number of nitrogens with zero attached hydrogens (tertiary/aromatic N) is 3. The molecule has 0 fully saturated rings. The summed E-state index contributed by atoms with van der Waals surface area (Å²) in [5.41, 5.74) is 7.48. The van der Waals surface area contributed by atoms with Gasteiger partial charge in [0, 0.05) is 36.6 Å². The first-order valence-corrected chi connectivity index (χ1v) is 21.1. The molecule has 8 rings (SSSR count). The monoisotopic (exact) mass is 826 g/mol. The molecule has 0 amide bonds. The van der Waals surface area contributed by atoms with Crippen molar-refractivity contribution in [1.82, 2.24) is 14.5 Å². The van der Waals surface area contributed by atoms with E-state index in [1.54, 1.807) is 36.5 Å². The van der Waals surface area contributed by atoms with Gasteiger partial charge in [0.25, 0.3) is 0 Å². The Kier molecular flexibility index (Phi) is 8.09. The molecular weight excluding hydrogens is 755 g/mol. The first-order chi connectivity index (χ1) is 33.3. The minimum Gasteiger partial charge on any atom is -0.507 e. The molecule has 0 bridgehead atoms. The maximum atomic E-state index is 12.1. The molecule has 4 nitrogen and oxygen atoms in total. The van der Waals surface area contributed by atoms with Crippen molar-refractivity contribution >= 4 is 11.0 Å². The Bertz CT molecular complexity index is 3290. The van der Waals surface area contributed by atoms with E-state index in [1.807, 2.05) is 92.1 Å². The predicted molar refractivity (Wildman–Crippen MR) is 263 cm³/mol.